The molecular formula is C14H12N2O3S. The van der Waals surface area contributed by atoms with Crippen molar-refractivity contribution in [2.75, 3.05) is 13.4 Å². The van der Waals surface area contributed by atoms with Crippen molar-refractivity contribution in [3.63, 3.8) is 0 Å². The largest absolute Gasteiger partial charge is 0.463 e. The van der Waals surface area contributed by atoms with Crippen molar-refractivity contribution >= 4 is 28.7 Å². The number of fused-ring (bicyclic) bond motifs is 1. The SMILES string of the molecule is COC(=O)c1cc2c(-n3cnc(SC)c3)cccc2o1. The van der Waals surface area contributed by atoms with E-state index in [9.17, 15) is 4.79 Å². The van der Waals surface area contributed by atoms with Crippen molar-refractivity contribution in [3.8, 4) is 5.69 Å². The van der Waals surface area contributed by atoms with Crippen molar-refractivity contribution in [1.29, 1.82) is 0 Å². The van der Waals surface area contributed by atoms with E-state index in [4.69, 9.17) is 4.42 Å². The summed E-state index contributed by atoms with van der Waals surface area (Å²) < 4.78 is 12.1. The average molecular weight is 288 g/mol. The lowest BCUT2D eigenvalue weighted by Gasteiger charge is -2.02. The minimum absolute atomic E-state index is 0.195. The fraction of sp³-hybridized carbons (Fsp3) is 0.143. The van der Waals surface area contributed by atoms with Crippen LogP contribution < -0.4 is 0 Å². The molecular weight excluding hydrogens is 276 g/mol. The van der Waals surface area contributed by atoms with Crippen molar-refractivity contribution in [2.24, 2.45) is 0 Å². The maximum absolute atomic E-state index is 11.5. The highest BCUT2D eigenvalue weighted by atomic mass is 32.2. The van der Waals surface area contributed by atoms with Gasteiger partial charge in [0.1, 0.15) is 16.9 Å². The van der Waals surface area contributed by atoms with Crippen molar-refractivity contribution in [1.82, 2.24) is 9.55 Å². The normalized spacial score (nSPS) is 10.9. The van der Waals surface area contributed by atoms with E-state index < -0.39 is 5.97 Å². The summed E-state index contributed by atoms with van der Waals surface area (Å²) in [6.45, 7) is 0. The topological polar surface area (TPSA) is 57.3 Å². The van der Waals surface area contributed by atoms with Gasteiger partial charge in [0.25, 0.3) is 0 Å². The summed E-state index contributed by atoms with van der Waals surface area (Å²) in [6.07, 6.45) is 5.65. The molecule has 5 nitrogen and oxygen atoms in total. The second-order valence-electron chi connectivity index (χ2n) is 4.11. The fourth-order valence-electron chi connectivity index (χ4n) is 2.01. The maximum atomic E-state index is 11.5. The number of aromatic nitrogens is 2. The Balaban J connectivity index is 2.15. The summed E-state index contributed by atoms with van der Waals surface area (Å²) in [6, 6.07) is 7.33. The molecule has 0 fully saturated rings. The molecule has 0 saturated heterocycles. The Hall–Kier alpha value is -2.21. The number of hydrogen-bond donors (Lipinski definition) is 0. The number of carbonyl (C=O) groups is 1. The van der Waals surface area contributed by atoms with Crippen LogP contribution in [0, 0.1) is 0 Å². The number of benzene rings is 1. The molecule has 102 valence electrons. The molecule has 0 aliphatic heterocycles. The molecule has 3 rings (SSSR count). The second-order valence-corrected chi connectivity index (χ2v) is 4.94. The third-order valence-corrected chi connectivity index (χ3v) is 3.60. The molecule has 0 aliphatic rings. The lowest BCUT2D eigenvalue weighted by molar-refractivity contribution is 0.0567. The first kappa shape index (κ1) is 12.8. The number of esters is 1. The summed E-state index contributed by atoms with van der Waals surface area (Å²) in [7, 11) is 1.33. The standard InChI is InChI=1S/C14H12N2O3S/c1-18-14(17)12-6-9-10(4-3-5-11(9)19-12)16-7-13(20-2)15-8-16/h3-8H,1-2H3. The minimum atomic E-state index is -0.484. The molecule has 3 aromatic rings. The zero-order valence-corrected chi connectivity index (χ0v) is 11.8. The van der Waals surface area contributed by atoms with E-state index >= 15 is 0 Å². The highest BCUT2D eigenvalue weighted by molar-refractivity contribution is 7.98. The van der Waals surface area contributed by atoms with Gasteiger partial charge in [0.15, 0.2) is 0 Å². The number of ether oxygens (including phenoxy) is 1. The Labute approximate surface area is 119 Å². The Morgan fingerprint density at radius 2 is 2.30 bits per heavy atom. The third kappa shape index (κ3) is 2.08. The van der Waals surface area contributed by atoms with Crippen LogP contribution in [-0.2, 0) is 4.74 Å². The quantitative estimate of drug-likeness (QED) is 0.547. The first-order valence-electron chi connectivity index (χ1n) is 5.92. The molecule has 0 unspecified atom stereocenters. The van der Waals surface area contributed by atoms with Gasteiger partial charge in [-0.2, -0.15) is 0 Å². The summed E-state index contributed by atoms with van der Waals surface area (Å²) >= 11 is 1.57. The molecule has 6 heteroatoms. The van der Waals surface area contributed by atoms with Gasteiger partial charge in [0, 0.05) is 17.6 Å². The molecule has 20 heavy (non-hydrogen) atoms. The Morgan fingerprint density at radius 3 is 3.00 bits per heavy atom. The van der Waals surface area contributed by atoms with E-state index in [-0.39, 0.29) is 5.76 Å². The number of carbonyl (C=O) groups excluding carboxylic acids is 1. The zero-order valence-electron chi connectivity index (χ0n) is 11.0. The monoisotopic (exact) mass is 288 g/mol. The number of methoxy groups -OCH3 is 1. The van der Waals surface area contributed by atoms with Crippen molar-refractivity contribution in [3.05, 3.63) is 42.5 Å². The van der Waals surface area contributed by atoms with Gasteiger partial charge in [0.05, 0.1) is 12.8 Å². The average Bonchev–Trinajstić information content (AvgIpc) is 3.12. The van der Waals surface area contributed by atoms with Gasteiger partial charge in [-0.1, -0.05) is 6.07 Å². The molecule has 0 aliphatic carbocycles. The predicted octanol–water partition coefficient (Wildman–Crippen LogP) is 3.13. The molecule has 2 heterocycles. The van der Waals surface area contributed by atoms with E-state index in [1.807, 2.05) is 35.2 Å². The van der Waals surface area contributed by atoms with E-state index in [0.29, 0.717) is 5.58 Å². The van der Waals surface area contributed by atoms with Crippen LogP contribution in [0.1, 0.15) is 10.6 Å². The highest BCUT2D eigenvalue weighted by Crippen LogP contribution is 2.27. The smallest absolute Gasteiger partial charge is 0.373 e. The molecule has 0 bridgehead atoms. The molecule has 1 aromatic carbocycles. The Morgan fingerprint density at radius 1 is 1.45 bits per heavy atom. The highest BCUT2D eigenvalue weighted by Gasteiger charge is 2.15. The van der Waals surface area contributed by atoms with Gasteiger partial charge in [-0.3, -0.25) is 0 Å². The molecule has 0 amide bonds. The minimum Gasteiger partial charge on any atom is -0.463 e. The number of hydrogen-bond acceptors (Lipinski definition) is 5. The molecule has 0 spiro atoms. The first-order valence-corrected chi connectivity index (χ1v) is 7.14. The van der Waals surface area contributed by atoms with Crippen molar-refractivity contribution in [2.45, 2.75) is 5.03 Å². The lowest BCUT2D eigenvalue weighted by atomic mass is 10.2. The third-order valence-electron chi connectivity index (χ3n) is 2.97. The summed E-state index contributed by atoms with van der Waals surface area (Å²) in [5, 5.41) is 1.77. The van der Waals surface area contributed by atoms with E-state index in [2.05, 4.69) is 9.72 Å². The zero-order chi connectivity index (χ0) is 14.1. The van der Waals surface area contributed by atoms with Crippen LogP contribution in [0.4, 0.5) is 0 Å². The van der Waals surface area contributed by atoms with E-state index in [1.54, 1.807) is 24.2 Å². The van der Waals surface area contributed by atoms with Crippen molar-refractivity contribution < 1.29 is 13.9 Å². The van der Waals surface area contributed by atoms with Gasteiger partial charge in [-0.15, -0.1) is 11.8 Å². The molecule has 2 aromatic heterocycles. The molecule has 0 saturated carbocycles. The van der Waals surface area contributed by atoms with E-state index in [0.717, 1.165) is 16.1 Å². The number of nitrogens with zero attached hydrogens (tertiary/aromatic N) is 2. The number of furan rings is 1. The summed E-state index contributed by atoms with van der Waals surface area (Å²) in [5.41, 5.74) is 1.55. The first-order chi connectivity index (χ1) is 9.72. The van der Waals surface area contributed by atoms with Gasteiger partial charge < -0.3 is 13.7 Å². The number of thioether (sulfide) groups is 1. The fourth-order valence-corrected chi connectivity index (χ4v) is 2.39. The van der Waals surface area contributed by atoms with Crippen LogP contribution in [0.15, 0.2) is 46.2 Å². The molecule has 0 atom stereocenters. The Kier molecular flexibility index (Phi) is 3.23. The van der Waals surface area contributed by atoms with Crippen LogP contribution in [0.2, 0.25) is 0 Å². The number of imidazole rings is 1. The van der Waals surface area contributed by atoms with Gasteiger partial charge in [-0.25, -0.2) is 9.78 Å². The van der Waals surface area contributed by atoms with Crippen LogP contribution >= 0.6 is 11.8 Å². The molecule has 0 N–H and O–H groups in total. The summed E-state index contributed by atoms with van der Waals surface area (Å²) in [5.74, 6) is -0.289. The lowest BCUT2D eigenvalue weighted by Crippen LogP contribution is -1.98. The summed E-state index contributed by atoms with van der Waals surface area (Å²) in [4.78, 5) is 15.8. The maximum Gasteiger partial charge on any atom is 0.373 e. The Bertz CT molecular complexity index is 776. The van der Waals surface area contributed by atoms with E-state index in [1.165, 1.54) is 7.11 Å². The second kappa shape index (κ2) is 5.05. The van der Waals surface area contributed by atoms with Gasteiger partial charge in [0.2, 0.25) is 5.76 Å². The van der Waals surface area contributed by atoms with Crippen LogP contribution in [0.3, 0.4) is 0 Å². The molecule has 0 radical (unpaired) electrons. The van der Waals surface area contributed by atoms with Crippen LogP contribution in [-0.4, -0.2) is 28.9 Å². The van der Waals surface area contributed by atoms with Gasteiger partial charge >= 0.3 is 5.97 Å². The van der Waals surface area contributed by atoms with Crippen LogP contribution in [0.25, 0.3) is 16.7 Å². The van der Waals surface area contributed by atoms with Crippen LogP contribution in [0.5, 0.6) is 0 Å². The predicted molar refractivity (Wildman–Crippen MR) is 76.5 cm³/mol. The number of rotatable bonds is 3. The van der Waals surface area contributed by atoms with Gasteiger partial charge in [-0.05, 0) is 18.4 Å².